The minimum atomic E-state index is -0.627. The van der Waals surface area contributed by atoms with Crippen molar-refractivity contribution >= 4 is 23.0 Å². The lowest BCUT2D eigenvalue weighted by Crippen LogP contribution is -2.28. The fraction of sp³-hybridized carbons (Fsp3) is 0.333. The van der Waals surface area contributed by atoms with E-state index in [1.807, 2.05) is 52.9 Å². The maximum Gasteiger partial charge on any atom is 0.255 e. The van der Waals surface area contributed by atoms with Gasteiger partial charge >= 0.3 is 0 Å². The lowest BCUT2D eigenvalue weighted by molar-refractivity contribution is -0.112. The third-order valence-electron chi connectivity index (χ3n) is 6.15. The number of likely N-dealkylation sites (N-methyl/N-ethyl adjacent to an activating group) is 2. The lowest BCUT2D eigenvalue weighted by Gasteiger charge is -2.23. The van der Waals surface area contributed by atoms with Gasteiger partial charge in [-0.05, 0) is 71.1 Å². The van der Waals surface area contributed by atoms with Crippen molar-refractivity contribution in [2.75, 3.05) is 44.6 Å². The molecule has 0 spiro atoms. The van der Waals surface area contributed by atoms with Crippen LogP contribution in [0.15, 0.2) is 79.2 Å². The van der Waals surface area contributed by atoms with Gasteiger partial charge in [-0.15, -0.1) is 0 Å². The third kappa shape index (κ3) is 9.69. The van der Waals surface area contributed by atoms with Crippen LogP contribution in [0.3, 0.4) is 0 Å². The molecular weight excluding hydrogens is 502 g/mol. The summed E-state index contributed by atoms with van der Waals surface area (Å²) < 4.78 is 0. The summed E-state index contributed by atoms with van der Waals surface area (Å²) >= 11 is 0. The molecule has 0 aliphatic carbocycles. The van der Waals surface area contributed by atoms with E-state index in [9.17, 15) is 10.1 Å². The number of anilines is 2. The molecule has 0 unspecified atom stereocenters. The summed E-state index contributed by atoms with van der Waals surface area (Å²) in [4.78, 5) is 25.6. The molecule has 0 fully saturated rings. The number of hydrogen-bond donors (Lipinski definition) is 3. The van der Waals surface area contributed by atoms with Gasteiger partial charge in [-0.3, -0.25) is 9.80 Å². The second-order valence-corrected chi connectivity index (χ2v) is 10.4. The Morgan fingerprint density at radius 2 is 1.88 bits per heavy atom. The van der Waals surface area contributed by atoms with E-state index in [0.717, 1.165) is 24.4 Å². The molecule has 0 saturated heterocycles. The molecule has 0 saturated carbocycles. The number of hydrazine groups is 1. The Morgan fingerprint density at radius 1 is 1.20 bits per heavy atom. The van der Waals surface area contributed by atoms with Gasteiger partial charge in [0.15, 0.2) is 0 Å². The first-order valence-corrected chi connectivity index (χ1v) is 12.9. The van der Waals surface area contributed by atoms with Gasteiger partial charge < -0.3 is 20.9 Å². The maximum absolute atomic E-state index is 13.5. The predicted octanol–water partition coefficient (Wildman–Crippen LogP) is 3.79. The number of amides is 1. The summed E-state index contributed by atoms with van der Waals surface area (Å²) in [5.74, 6) is 6.01. The average molecular weight is 544 g/mol. The van der Waals surface area contributed by atoms with Crippen molar-refractivity contribution in [3.8, 4) is 6.07 Å². The summed E-state index contributed by atoms with van der Waals surface area (Å²) in [5, 5.41) is 13.9. The summed E-state index contributed by atoms with van der Waals surface area (Å²) in [6.07, 6.45) is 11.9. The molecular formula is C30H41N9O. The van der Waals surface area contributed by atoms with Crippen LogP contribution < -0.4 is 21.9 Å². The maximum atomic E-state index is 13.5. The largest absolute Gasteiger partial charge is 0.397 e. The minimum absolute atomic E-state index is 0.316. The van der Waals surface area contributed by atoms with E-state index in [1.165, 1.54) is 11.3 Å². The minimum Gasteiger partial charge on any atom is -0.397 e. The highest BCUT2D eigenvalue weighted by atomic mass is 16.1. The van der Waals surface area contributed by atoms with Gasteiger partial charge in [0, 0.05) is 61.3 Å². The molecule has 0 radical (unpaired) electrons. The van der Waals surface area contributed by atoms with Crippen LogP contribution in [0.5, 0.6) is 0 Å². The number of allylic oxidation sites excluding steroid dienone is 2. The number of hydrogen-bond acceptors (Lipinski definition) is 9. The number of aromatic nitrogens is 2. The van der Waals surface area contributed by atoms with Crippen molar-refractivity contribution in [3.63, 3.8) is 0 Å². The number of aryl methyl sites for hydroxylation is 1. The Labute approximate surface area is 238 Å². The molecule has 212 valence electrons. The summed E-state index contributed by atoms with van der Waals surface area (Å²) in [7, 11) is 5.97. The van der Waals surface area contributed by atoms with Crippen molar-refractivity contribution in [1.29, 1.82) is 5.26 Å². The molecule has 5 N–H and O–H groups in total. The van der Waals surface area contributed by atoms with Gasteiger partial charge in [0.05, 0.1) is 22.9 Å². The first kappa shape index (κ1) is 31.8. The van der Waals surface area contributed by atoms with Crippen LogP contribution in [-0.4, -0.2) is 59.9 Å². The number of nitrogens with one attached hydrogen (secondary N) is 1. The molecule has 1 heterocycles. The molecule has 2 aromatic rings. The number of nitrogens with zero attached hydrogens (tertiary/aromatic N) is 6. The lowest BCUT2D eigenvalue weighted by atomic mass is 9.90. The molecule has 2 rings (SSSR count). The van der Waals surface area contributed by atoms with E-state index in [2.05, 4.69) is 32.8 Å². The Morgan fingerprint density at radius 3 is 2.48 bits per heavy atom. The second kappa shape index (κ2) is 14.6. The van der Waals surface area contributed by atoms with E-state index >= 15 is 0 Å². The summed E-state index contributed by atoms with van der Waals surface area (Å²) in [6.45, 7) is 11.1. The van der Waals surface area contributed by atoms with Crippen LogP contribution in [0, 0.1) is 23.7 Å². The predicted molar refractivity (Wildman–Crippen MR) is 162 cm³/mol. The zero-order valence-electron chi connectivity index (χ0n) is 24.3. The molecule has 0 atom stereocenters. The van der Waals surface area contributed by atoms with Crippen molar-refractivity contribution < 1.29 is 4.79 Å². The van der Waals surface area contributed by atoms with Gasteiger partial charge in [0.25, 0.3) is 5.91 Å². The van der Waals surface area contributed by atoms with Crippen molar-refractivity contribution in [2.24, 2.45) is 17.0 Å². The second-order valence-electron chi connectivity index (χ2n) is 10.4. The Bertz CT molecular complexity index is 1300. The highest BCUT2D eigenvalue weighted by Gasteiger charge is 2.18. The number of nitrogens with two attached hydrogens (primary N) is 2. The molecule has 0 aliphatic heterocycles. The molecule has 40 heavy (non-hydrogen) atoms. The van der Waals surface area contributed by atoms with Crippen LogP contribution in [-0.2, 0) is 4.79 Å². The fourth-order valence-corrected chi connectivity index (χ4v) is 3.50. The monoisotopic (exact) mass is 543 g/mol. The molecule has 1 amide bonds. The van der Waals surface area contributed by atoms with Crippen molar-refractivity contribution in [2.45, 2.75) is 27.2 Å². The van der Waals surface area contributed by atoms with E-state index in [4.69, 9.17) is 11.6 Å². The highest BCUT2D eigenvalue weighted by Crippen LogP contribution is 2.25. The van der Waals surface area contributed by atoms with Crippen LogP contribution in [0.25, 0.3) is 5.70 Å². The third-order valence-corrected chi connectivity index (χ3v) is 6.15. The number of carbonyl (C=O) groups is 1. The standard InChI is InChI=1S/C30H41N9O/c1-8-26(38(7)14-13-37(5)6)15-23(11-12-30(3,4)20-31)29(40)36-25-10-9-22(2)28(16-25)39(33)19-27(32)24-17-34-21-35-18-24/h8-11,15-19,21H,1,12-14,32-33H2,2-7H3,(H,36,40)/b23-11+,26-15+,27-19-. The Hall–Kier alpha value is -4.46. The van der Waals surface area contributed by atoms with Crippen molar-refractivity contribution in [1.82, 2.24) is 19.8 Å². The van der Waals surface area contributed by atoms with E-state index in [0.29, 0.717) is 34.6 Å². The highest BCUT2D eigenvalue weighted by molar-refractivity contribution is 6.06. The summed E-state index contributed by atoms with van der Waals surface area (Å²) in [5.41, 5.74) is 9.89. The zero-order valence-corrected chi connectivity index (χ0v) is 24.3. The van der Waals surface area contributed by atoms with Crippen LogP contribution in [0.2, 0.25) is 0 Å². The number of nitriles is 1. The van der Waals surface area contributed by atoms with Crippen LogP contribution in [0.4, 0.5) is 11.4 Å². The van der Waals surface area contributed by atoms with Crippen LogP contribution in [0.1, 0.15) is 31.4 Å². The molecule has 10 heteroatoms. The van der Waals surface area contributed by atoms with E-state index < -0.39 is 5.41 Å². The average Bonchev–Trinajstić information content (AvgIpc) is 2.93. The fourth-order valence-electron chi connectivity index (χ4n) is 3.50. The van der Waals surface area contributed by atoms with Gasteiger partial charge in [-0.2, -0.15) is 5.26 Å². The van der Waals surface area contributed by atoms with Gasteiger partial charge in [0.2, 0.25) is 0 Å². The first-order valence-electron chi connectivity index (χ1n) is 12.9. The van der Waals surface area contributed by atoms with E-state index in [1.54, 1.807) is 49.0 Å². The summed E-state index contributed by atoms with van der Waals surface area (Å²) in [6, 6.07) is 7.73. The Balaban J connectivity index is 2.37. The molecule has 1 aromatic heterocycles. The smallest absolute Gasteiger partial charge is 0.255 e. The topological polar surface area (TPSA) is 140 Å². The molecule has 1 aromatic carbocycles. The first-order chi connectivity index (χ1) is 18.9. The molecule has 0 aliphatic rings. The van der Waals surface area contributed by atoms with Crippen LogP contribution >= 0.6 is 0 Å². The number of benzene rings is 1. The Kier molecular flexibility index (Phi) is 11.6. The zero-order chi connectivity index (χ0) is 29.9. The normalized spacial score (nSPS) is 12.6. The van der Waals surface area contributed by atoms with E-state index in [-0.39, 0.29) is 5.91 Å². The molecule has 0 bridgehead atoms. The quantitative estimate of drug-likeness (QED) is 0.149. The number of carbonyl (C=O) groups excluding carboxylic acids is 1. The van der Waals surface area contributed by atoms with Gasteiger partial charge in [-0.25, -0.2) is 15.8 Å². The number of rotatable bonds is 13. The van der Waals surface area contributed by atoms with Gasteiger partial charge in [-0.1, -0.05) is 18.7 Å². The molecule has 10 nitrogen and oxygen atoms in total. The van der Waals surface area contributed by atoms with Gasteiger partial charge in [0.1, 0.15) is 6.33 Å². The van der Waals surface area contributed by atoms with Crippen molar-refractivity contribution in [3.05, 3.63) is 90.3 Å². The SMILES string of the molecule is C=C/C(=C\C(=C/CC(C)(C)C#N)C(=O)Nc1ccc(C)c(N(N)/C=C(\N)c2cncnc2)c1)N(C)CCN(C)C.